The van der Waals surface area contributed by atoms with Crippen LogP contribution in [0.5, 0.6) is 0 Å². The highest BCUT2D eigenvalue weighted by atomic mass is 15.0. The van der Waals surface area contributed by atoms with Crippen LogP contribution in [0.4, 0.5) is 0 Å². The first-order valence-electron chi connectivity index (χ1n) is 4.83. The fraction of sp³-hybridized carbons (Fsp3) is 1.00. The summed E-state index contributed by atoms with van der Waals surface area (Å²) < 4.78 is 0. The van der Waals surface area contributed by atoms with E-state index in [1.54, 1.807) is 0 Å². The van der Waals surface area contributed by atoms with Crippen molar-refractivity contribution >= 4 is 0 Å². The van der Waals surface area contributed by atoms with Gasteiger partial charge in [-0.3, -0.25) is 0 Å². The Morgan fingerprint density at radius 2 is 1.55 bits per heavy atom. The number of piperidine rings is 1. The smallest absolute Gasteiger partial charge is 0.00212 e. The molecule has 0 unspecified atom stereocenters. The van der Waals surface area contributed by atoms with E-state index in [0.717, 1.165) is 5.41 Å². The van der Waals surface area contributed by atoms with Crippen LogP contribution in [0.3, 0.4) is 0 Å². The normalized spacial score (nSPS) is 26.7. The van der Waals surface area contributed by atoms with Crippen LogP contribution in [0, 0.1) is 5.41 Å². The number of rotatable bonds is 0. The predicted octanol–water partition coefficient (Wildman–Crippen LogP) is 1.23. The maximum Gasteiger partial charge on any atom is 0.00212 e. The van der Waals surface area contributed by atoms with E-state index in [2.05, 4.69) is 10.6 Å². The molecule has 0 aliphatic carbocycles. The highest BCUT2D eigenvalue weighted by molar-refractivity contribution is 4.94. The first-order valence-corrected chi connectivity index (χ1v) is 4.83. The van der Waals surface area contributed by atoms with Gasteiger partial charge in [0.05, 0.1) is 0 Å². The van der Waals surface area contributed by atoms with Crippen molar-refractivity contribution in [2.75, 3.05) is 26.2 Å². The topological polar surface area (TPSA) is 24.1 Å². The summed E-state index contributed by atoms with van der Waals surface area (Å²) in [6, 6.07) is 0. The molecule has 2 N–H and O–H groups in total. The van der Waals surface area contributed by atoms with Crippen molar-refractivity contribution in [3.8, 4) is 0 Å². The van der Waals surface area contributed by atoms with E-state index >= 15 is 0 Å². The molecule has 0 saturated carbocycles. The summed E-state index contributed by atoms with van der Waals surface area (Å²) in [6.45, 7) is 9.02. The summed E-state index contributed by atoms with van der Waals surface area (Å²) >= 11 is 0. The summed E-state index contributed by atoms with van der Waals surface area (Å²) in [4.78, 5) is 0. The Morgan fingerprint density at radius 1 is 1.00 bits per heavy atom. The molecule has 2 aliphatic heterocycles. The molecule has 1 spiro atoms. The van der Waals surface area contributed by atoms with Crippen LogP contribution in [-0.4, -0.2) is 26.2 Å². The summed E-state index contributed by atoms with van der Waals surface area (Å²) in [5, 5.41) is 6.72. The van der Waals surface area contributed by atoms with Crippen molar-refractivity contribution in [1.29, 1.82) is 0 Å². The first kappa shape index (κ1) is 9.01. The van der Waals surface area contributed by atoms with E-state index in [4.69, 9.17) is 0 Å². The molecule has 0 bridgehead atoms. The van der Waals surface area contributed by atoms with E-state index in [-0.39, 0.29) is 1.43 Å². The molecule has 2 saturated heterocycles. The molecule has 2 fully saturated rings. The second kappa shape index (κ2) is 4.07. The molecule has 0 aromatic heterocycles. The van der Waals surface area contributed by atoms with Gasteiger partial charge in [-0.05, 0) is 31.3 Å². The number of hydrogen-bond acceptors (Lipinski definition) is 2. The van der Waals surface area contributed by atoms with Gasteiger partial charge in [-0.1, -0.05) is 13.8 Å². The van der Waals surface area contributed by atoms with Crippen molar-refractivity contribution in [2.45, 2.75) is 26.7 Å². The van der Waals surface area contributed by atoms with Gasteiger partial charge in [-0.25, -0.2) is 0 Å². The van der Waals surface area contributed by atoms with Gasteiger partial charge in [0.1, 0.15) is 0 Å². The average molecular weight is 158 g/mol. The Bertz CT molecular complexity index is 105. The molecule has 11 heavy (non-hydrogen) atoms. The van der Waals surface area contributed by atoms with E-state index in [0.29, 0.717) is 0 Å². The van der Waals surface area contributed by atoms with Gasteiger partial charge in [0.25, 0.3) is 0 Å². The molecule has 2 nitrogen and oxygen atoms in total. The summed E-state index contributed by atoms with van der Waals surface area (Å²) in [6.07, 6.45) is 2.78. The minimum absolute atomic E-state index is 0. The lowest BCUT2D eigenvalue weighted by Crippen LogP contribution is -2.57. The first-order chi connectivity index (χ1) is 5.41. The Kier molecular flexibility index (Phi) is 3.34. The fourth-order valence-electron chi connectivity index (χ4n) is 1.79. The van der Waals surface area contributed by atoms with E-state index in [1.165, 1.54) is 39.0 Å². The molecule has 68 valence electrons. The van der Waals surface area contributed by atoms with Crippen molar-refractivity contribution in [2.24, 2.45) is 5.41 Å². The number of nitrogens with one attached hydrogen (secondary N) is 2. The zero-order chi connectivity index (χ0) is 8.16. The molecule has 2 heteroatoms. The maximum atomic E-state index is 3.38. The van der Waals surface area contributed by atoms with E-state index in [1.807, 2.05) is 13.8 Å². The van der Waals surface area contributed by atoms with Crippen LogP contribution in [0.1, 0.15) is 28.1 Å². The van der Waals surface area contributed by atoms with Gasteiger partial charge in [-0.15, -0.1) is 0 Å². The lowest BCUT2D eigenvalue weighted by Gasteiger charge is -2.45. The lowest BCUT2D eigenvalue weighted by atomic mass is 9.74. The van der Waals surface area contributed by atoms with Crippen LogP contribution in [0.2, 0.25) is 0 Å². The van der Waals surface area contributed by atoms with Crippen LogP contribution < -0.4 is 10.6 Å². The Balaban J connectivity index is 0.000000378. The summed E-state index contributed by atoms with van der Waals surface area (Å²) in [5.41, 5.74) is 0.727. The van der Waals surface area contributed by atoms with Crippen LogP contribution in [0.15, 0.2) is 0 Å². The molecule has 2 rings (SSSR count). The summed E-state index contributed by atoms with van der Waals surface area (Å²) in [5.74, 6) is 0. The van der Waals surface area contributed by atoms with Crippen molar-refractivity contribution in [1.82, 2.24) is 10.6 Å². The number of hydrogen-bond donors (Lipinski definition) is 2. The minimum Gasteiger partial charge on any atom is -0.317 e. The fourth-order valence-corrected chi connectivity index (χ4v) is 1.79. The molecule has 0 aromatic carbocycles. The molecular weight excluding hydrogens is 136 g/mol. The Labute approximate surface area is 71.2 Å². The van der Waals surface area contributed by atoms with Crippen LogP contribution in [0.25, 0.3) is 0 Å². The lowest BCUT2D eigenvalue weighted by molar-refractivity contribution is 0.116. The highest BCUT2D eigenvalue weighted by Gasteiger charge is 2.37. The maximum absolute atomic E-state index is 3.38. The van der Waals surface area contributed by atoms with Gasteiger partial charge >= 0.3 is 0 Å². The summed E-state index contributed by atoms with van der Waals surface area (Å²) in [7, 11) is 0. The van der Waals surface area contributed by atoms with Crippen molar-refractivity contribution < 1.29 is 1.43 Å². The van der Waals surface area contributed by atoms with Crippen molar-refractivity contribution in [3.63, 3.8) is 0 Å². The molecular formula is C9H22N2. The third-order valence-corrected chi connectivity index (χ3v) is 2.66. The molecule has 2 aliphatic rings. The third-order valence-electron chi connectivity index (χ3n) is 2.66. The Hall–Kier alpha value is -0.0800. The van der Waals surface area contributed by atoms with Gasteiger partial charge in [-0.2, -0.15) is 0 Å². The van der Waals surface area contributed by atoms with Gasteiger partial charge in [0, 0.05) is 14.5 Å². The average Bonchev–Trinajstić information content (AvgIpc) is 2.07. The predicted molar refractivity (Wildman–Crippen MR) is 50.9 cm³/mol. The van der Waals surface area contributed by atoms with E-state index in [9.17, 15) is 0 Å². The molecule has 0 atom stereocenters. The molecule has 2 heterocycles. The molecule has 0 aromatic rings. The SMILES string of the molecule is C1CC2(CCN1)CNC2.CC.[HH]. The zero-order valence-electron chi connectivity index (χ0n) is 7.74. The van der Waals surface area contributed by atoms with Gasteiger partial charge < -0.3 is 10.6 Å². The van der Waals surface area contributed by atoms with Gasteiger partial charge in [0.2, 0.25) is 0 Å². The second-order valence-corrected chi connectivity index (χ2v) is 3.35. The minimum atomic E-state index is 0. The van der Waals surface area contributed by atoms with Gasteiger partial charge in [0.15, 0.2) is 0 Å². The molecule has 0 radical (unpaired) electrons. The molecule has 0 amide bonds. The van der Waals surface area contributed by atoms with E-state index < -0.39 is 0 Å². The monoisotopic (exact) mass is 158 g/mol. The quantitative estimate of drug-likeness (QED) is 0.554. The largest absolute Gasteiger partial charge is 0.317 e. The van der Waals surface area contributed by atoms with Crippen LogP contribution in [-0.2, 0) is 0 Å². The second-order valence-electron chi connectivity index (χ2n) is 3.35. The zero-order valence-corrected chi connectivity index (χ0v) is 7.74. The standard InChI is InChI=1S/C7H14N2.C2H6.H2/c1-3-8-4-2-7(1)5-9-6-7;1-2;/h8-9H,1-6H2;1-2H3;1H. The van der Waals surface area contributed by atoms with Crippen molar-refractivity contribution in [3.05, 3.63) is 0 Å². The highest BCUT2D eigenvalue weighted by Crippen LogP contribution is 2.31. The van der Waals surface area contributed by atoms with Crippen LogP contribution >= 0.6 is 0 Å². The Morgan fingerprint density at radius 3 is 1.82 bits per heavy atom. The third kappa shape index (κ3) is 1.94.